The lowest BCUT2D eigenvalue weighted by Crippen LogP contribution is -2.27. The molecule has 0 heterocycles. The average molecular weight is 303 g/mol. The molecule has 22 heavy (non-hydrogen) atoms. The molecule has 1 N–H and O–H groups in total. The summed E-state index contributed by atoms with van der Waals surface area (Å²) in [4.78, 5) is 11.6. The average Bonchev–Trinajstić information content (AvgIpc) is 2.81. The van der Waals surface area contributed by atoms with E-state index in [0.29, 0.717) is 6.61 Å². The third-order valence-corrected chi connectivity index (χ3v) is 4.48. The summed E-state index contributed by atoms with van der Waals surface area (Å²) in [7, 11) is 0. The van der Waals surface area contributed by atoms with E-state index in [1.807, 2.05) is 18.2 Å². The Bertz CT molecular complexity index is 411. The van der Waals surface area contributed by atoms with Crippen molar-refractivity contribution in [3.05, 3.63) is 35.9 Å². The summed E-state index contributed by atoms with van der Waals surface area (Å²) in [6.07, 6.45) is 10.8. The Hall–Kier alpha value is -1.51. The van der Waals surface area contributed by atoms with Crippen molar-refractivity contribution in [3.8, 4) is 0 Å². The number of carbonyl (C=O) groups is 1. The smallest absolute Gasteiger partial charge is 0.407 e. The van der Waals surface area contributed by atoms with E-state index in [0.717, 1.165) is 31.7 Å². The van der Waals surface area contributed by atoms with E-state index in [2.05, 4.69) is 17.4 Å². The molecule has 0 aliphatic heterocycles. The number of hydrogen-bond donors (Lipinski definition) is 1. The molecule has 1 fully saturated rings. The van der Waals surface area contributed by atoms with Gasteiger partial charge in [0, 0.05) is 6.54 Å². The number of rotatable bonds is 7. The molecule has 0 radical (unpaired) electrons. The number of benzene rings is 1. The molecule has 3 heteroatoms. The molecule has 1 aromatic carbocycles. The fourth-order valence-electron chi connectivity index (χ4n) is 3.17. The summed E-state index contributed by atoms with van der Waals surface area (Å²) in [6.45, 7) is 1.24. The zero-order chi connectivity index (χ0) is 15.5. The topological polar surface area (TPSA) is 38.3 Å². The Morgan fingerprint density at radius 3 is 2.55 bits per heavy atom. The second kappa shape index (κ2) is 10.3. The van der Waals surface area contributed by atoms with E-state index < -0.39 is 0 Å². The van der Waals surface area contributed by atoms with Crippen LogP contribution in [0.25, 0.3) is 0 Å². The van der Waals surface area contributed by atoms with Crippen molar-refractivity contribution in [3.63, 3.8) is 0 Å². The van der Waals surface area contributed by atoms with Crippen LogP contribution in [0.2, 0.25) is 0 Å². The predicted molar refractivity (Wildman–Crippen MR) is 89.9 cm³/mol. The van der Waals surface area contributed by atoms with Crippen LogP contribution in [-0.4, -0.2) is 19.2 Å². The second-order valence-corrected chi connectivity index (χ2v) is 6.30. The summed E-state index contributed by atoms with van der Waals surface area (Å²) in [5.74, 6) is 0.792. The van der Waals surface area contributed by atoms with Gasteiger partial charge in [0.15, 0.2) is 0 Å². The van der Waals surface area contributed by atoms with E-state index in [1.54, 1.807) is 0 Å². The van der Waals surface area contributed by atoms with Crippen molar-refractivity contribution in [1.82, 2.24) is 5.32 Å². The van der Waals surface area contributed by atoms with Crippen molar-refractivity contribution in [2.24, 2.45) is 5.92 Å². The molecule has 0 atom stereocenters. The number of aryl methyl sites for hydroxylation is 1. The van der Waals surface area contributed by atoms with Gasteiger partial charge in [-0.15, -0.1) is 0 Å². The van der Waals surface area contributed by atoms with Crippen molar-refractivity contribution < 1.29 is 9.53 Å². The van der Waals surface area contributed by atoms with E-state index in [4.69, 9.17) is 4.74 Å². The standard InChI is InChI=1S/C19H29NO2/c21-19(20-15-14-18-11-4-1-2-5-12-18)22-16-8-13-17-9-6-3-7-10-17/h3,6-7,9-10,18H,1-2,4-5,8,11-16H2,(H,20,21). The Kier molecular flexibility index (Phi) is 7.86. The van der Waals surface area contributed by atoms with Crippen LogP contribution in [0, 0.1) is 5.92 Å². The zero-order valence-corrected chi connectivity index (χ0v) is 13.6. The molecule has 122 valence electrons. The first-order valence-electron chi connectivity index (χ1n) is 8.79. The predicted octanol–water partition coefficient (Wildman–Crippen LogP) is 4.71. The summed E-state index contributed by atoms with van der Waals surface area (Å²) >= 11 is 0. The molecule has 0 unspecified atom stereocenters. The highest BCUT2D eigenvalue weighted by Crippen LogP contribution is 2.24. The van der Waals surface area contributed by atoms with Gasteiger partial charge in [-0.2, -0.15) is 0 Å². The van der Waals surface area contributed by atoms with Crippen LogP contribution in [0.1, 0.15) is 56.9 Å². The van der Waals surface area contributed by atoms with E-state index in [-0.39, 0.29) is 6.09 Å². The fourth-order valence-corrected chi connectivity index (χ4v) is 3.17. The van der Waals surface area contributed by atoms with Crippen LogP contribution in [0.3, 0.4) is 0 Å². The maximum absolute atomic E-state index is 11.6. The lowest BCUT2D eigenvalue weighted by Gasteiger charge is -2.14. The number of alkyl carbamates (subject to hydrolysis) is 1. The van der Waals surface area contributed by atoms with Gasteiger partial charge in [-0.05, 0) is 30.7 Å². The Morgan fingerprint density at radius 1 is 1.09 bits per heavy atom. The van der Waals surface area contributed by atoms with Gasteiger partial charge in [-0.1, -0.05) is 68.9 Å². The van der Waals surface area contributed by atoms with Gasteiger partial charge in [-0.25, -0.2) is 4.79 Å². The van der Waals surface area contributed by atoms with Crippen molar-refractivity contribution in [2.75, 3.05) is 13.2 Å². The molecule has 0 aromatic heterocycles. The van der Waals surface area contributed by atoms with Gasteiger partial charge >= 0.3 is 6.09 Å². The molecule has 2 rings (SSSR count). The third kappa shape index (κ3) is 6.97. The molecule has 1 saturated carbocycles. The number of amides is 1. The van der Waals surface area contributed by atoms with Crippen LogP contribution in [0.4, 0.5) is 4.79 Å². The largest absolute Gasteiger partial charge is 0.450 e. The fraction of sp³-hybridized carbons (Fsp3) is 0.632. The van der Waals surface area contributed by atoms with Gasteiger partial charge in [0.05, 0.1) is 6.61 Å². The summed E-state index contributed by atoms with van der Waals surface area (Å²) in [6, 6.07) is 10.3. The molecule has 1 amide bonds. The highest BCUT2D eigenvalue weighted by molar-refractivity contribution is 5.66. The minimum Gasteiger partial charge on any atom is -0.450 e. The number of nitrogens with one attached hydrogen (secondary N) is 1. The zero-order valence-electron chi connectivity index (χ0n) is 13.6. The molecule has 0 saturated heterocycles. The number of ether oxygens (including phenoxy) is 1. The van der Waals surface area contributed by atoms with Gasteiger partial charge in [0.2, 0.25) is 0 Å². The van der Waals surface area contributed by atoms with Crippen LogP contribution < -0.4 is 5.32 Å². The van der Waals surface area contributed by atoms with Crippen molar-refractivity contribution in [2.45, 2.75) is 57.8 Å². The van der Waals surface area contributed by atoms with Gasteiger partial charge in [0.1, 0.15) is 0 Å². The SMILES string of the molecule is O=C(NCCC1CCCCCC1)OCCCc1ccccc1. The van der Waals surface area contributed by atoms with E-state index >= 15 is 0 Å². The van der Waals surface area contributed by atoms with Gasteiger partial charge in [0.25, 0.3) is 0 Å². The monoisotopic (exact) mass is 303 g/mol. The Labute approximate surface area is 134 Å². The van der Waals surface area contributed by atoms with Gasteiger partial charge < -0.3 is 10.1 Å². The highest BCUT2D eigenvalue weighted by Gasteiger charge is 2.12. The maximum atomic E-state index is 11.6. The Balaban J connectivity index is 1.49. The summed E-state index contributed by atoms with van der Waals surface area (Å²) < 4.78 is 5.23. The molecule has 0 bridgehead atoms. The summed E-state index contributed by atoms with van der Waals surface area (Å²) in [5, 5.41) is 2.89. The van der Waals surface area contributed by atoms with Gasteiger partial charge in [-0.3, -0.25) is 0 Å². The maximum Gasteiger partial charge on any atom is 0.407 e. The van der Waals surface area contributed by atoms with Crippen LogP contribution in [-0.2, 0) is 11.2 Å². The molecule has 1 aliphatic carbocycles. The Morgan fingerprint density at radius 2 is 1.82 bits per heavy atom. The van der Waals surface area contributed by atoms with Crippen LogP contribution >= 0.6 is 0 Å². The summed E-state index contributed by atoms with van der Waals surface area (Å²) in [5.41, 5.74) is 1.29. The molecular weight excluding hydrogens is 274 g/mol. The lowest BCUT2D eigenvalue weighted by molar-refractivity contribution is 0.144. The molecule has 1 aliphatic rings. The first-order valence-corrected chi connectivity index (χ1v) is 8.79. The normalized spacial score (nSPS) is 16.0. The van der Waals surface area contributed by atoms with Crippen molar-refractivity contribution >= 4 is 6.09 Å². The van der Waals surface area contributed by atoms with E-state index in [9.17, 15) is 4.79 Å². The number of carbonyl (C=O) groups excluding carboxylic acids is 1. The third-order valence-electron chi connectivity index (χ3n) is 4.48. The minimum atomic E-state index is -0.262. The minimum absolute atomic E-state index is 0.262. The first kappa shape index (κ1) is 16.9. The van der Waals surface area contributed by atoms with E-state index in [1.165, 1.54) is 44.1 Å². The molecule has 1 aromatic rings. The van der Waals surface area contributed by atoms with Crippen molar-refractivity contribution in [1.29, 1.82) is 0 Å². The molecule has 0 spiro atoms. The lowest BCUT2D eigenvalue weighted by atomic mass is 9.97. The second-order valence-electron chi connectivity index (χ2n) is 6.30. The first-order chi connectivity index (χ1) is 10.8. The van der Waals surface area contributed by atoms with Crippen LogP contribution in [0.5, 0.6) is 0 Å². The number of hydrogen-bond acceptors (Lipinski definition) is 2. The molecule has 3 nitrogen and oxygen atoms in total. The van der Waals surface area contributed by atoms with Crippen LogP contribution in [0.15, 0.2) is 30.3 Å². The molecular formula is C19H29NO2. The highest BCUT2D eigenvalue weighted by atomic mass is 16.5. The quantitative estimate of drug-likeness (QED) is 0.585.